The van der Waals surface area contributed by atoms with Crippen molar-refractivity contribution < 1.29 is 0 Å². The Labute approximate surface area is 201 Å². The van der Waals surface area contributed by atoms with Crippen molar-refractivity contribution in [3.05, 3.63) is 126 Å². The van der Waals surface area contributed by atoms with Crippen molar-refractivity contribution in [3.8, 4) is 11.1 Å². The van der Waals surface area contributed by atoms with E-state index in [1.165, 1.54) is 21.9 Å². The third-order valence-corrected chi connectivity index (χ3v) is 6.56. The predicted molar refractivity (Wildman–Crippen MR) is 144 cm³/mol. The highest BCUT2D eigenvalue weighted by atomic mass is 79.9. The number of para-hydroxylation sites is 2. The minimum absolute atomic E-state index is 1.08. The monoisotopic (exact) mass is 488 g/mol. The molecule has 0 bridgehead atoms. The second-order valence-corrected chi connectivity index (χ2v) is 9.01. The number of nitrogens with zero attached hydrogens (tertiary/aromatic N) is 1. The van der Waals surface area contributed by atoms with Crippen molar-refractivity contribution in [3.63, 3.8) is 0 Å². The number of anilines is 3. The molecule has 0 saturated carbocycles. The van der Waals surface area contributed by atoms with Crippen molar-refractivity contribution in [2.45, 2.75) is 0 Å². The van der Waals surface area contributed by atoms with Gasteiger partial charge in [-0.3, -0.25) is 0 Å². The van der Waals surface area contributed by atoms with Crippen LogP contribution in [0.4, 0.5) is 17.1 Å². The minimum Gasteiger partial charge on any atom is -0.353 e. The van der Waals surface area contributed by atoms with Crippen molar-refractivity contribution in [1.29, 1.82) is 0 Å². The maximum atomic E-state index is 3.67. The van der Waals surface area contributed by atoms with Gasteiger partial charge in [-0.1, -0.05) is 88.7 Å². The highest BCUT2D eigenvalue weighted by Crippen LogP contribution is 2.41. The summed E-state index contributed by atoms with van der Waals surface area (Å²) >= 11 is 3.63. The van der Waals surface area contributed by atoms with Crippen LogP contribution in [0.3, 0.4) is 0 Å². The molecule has 0 unspecified atom stereocenters. The van der Waals surface area contributed by atoms with Gasteiger partial charge in [-0.2, -0.15) is 0 Å². The van der Waals surface area contributed by atoms with E-state index in [-0.39, 0.29) is 0 Å². The smallest absolute Gasteiger partial charge is 0.0709 e. The molecule has 1 N–H and O–H groups in total. The van der Waals surface area contributed by atoms with E-state index in [9.17, 15) is 0 Å². The zero-order valence-electron chi connectivity index (χ0n) is 17.9. The summed E-state index contributed by atoms with van der Waals surface area (Å²) in [5.41, 5.74) is 8.05. The highest BCUT2D eigenvalue weighted by Gasteiger charge is 2.17. The topological polar surface area (TPSA) is 19.0 Å². The number of halogens is 1. The Hall–Kier alpha value is -3.82. The van der Waals surface area contributed by atoms with Gasteiger partial charge in [0.15, 0.2) is 0 Å². The molecule has 158 valence electrons. The van der Waals surface area contributed by atoms with Gasteiger partial charge in [0.2, 0.25) is 0 Å². The summed E-state index contributed by atoms with van der Waals surface area (Å²) < 4.78 is 1.08. The van der Waals surface area contributed by atoms with E-state index >= 15 is 0 Å². The Morgan fingerprint density at radius 3 is 1.97 bits per heavy atom. The molecule has 0 atom stereocenters. The first-order valence-electron chi connectivity index (χ1n) is 11.0. The van der Waals surface area contributed by atoms with Crippen molar-refractivity contribution in [2.75, 3.05) is 4.90 Å². The van der Waals surface area contributed by atoms with Gasteiger partial charge < -0.3 is 9.88 Å². The summed E-state index contributed by atoms with van der Waals surface area (Å²) in [4.78, 5) is 5.99. The van der Waals surface area contributed by atoms with Crippen LogP contribution in [0.1, 0.15) is 0 Å². The SMILES string of the molecule is Brc1ccc2[nH]c3c(N(c4ccccc4)c4ccc(-c5ccccc5)cc4)cccc3c2c1. The van der Waals surface area contributed by atoms with Gasteiger partial charge in [0.05, 0.1) is 11.2 Å². The summed E-state index contributed by atoms with van der Waals surface area (Å²) in [5.74, 6) is 0. The van der Waals surface area contributed by atoms with Gasteiger partial charge in [-0.15, -0.1) is 0 Å². The number of fused-ring (bicyclic) bond motifs is 3. The van der Waals surface area contributed by atoms with Gasteiger partial charge >= 0.3 is 0 Å². The molecular formula is C30H21BrN2. The quantitative estimate of drug-likeness (QED) is 0.262. The third kappa shape index (κ3) is 3.61. The molecule has 0 aliphatic heterocycles. The number of hydrogen-bond acceptors (Lipinski definition) is 1. The normalized spacial score (nSPS) is 11.2. The van der Waals surface area contributed by atoms with Gasteiger partial charge in [0, 0.05) is 32.1 Å². The molecule has 0 radical (unpaired) electrons. The average Bonchev–Trinajstić information content (AvgIpc) is 3.25. The van der Waals surface area contributed by atoms with Crippen LogP contribution in [0.2, 0.25) is 0 Å². The lowest BCUT2D eigenvalue weighted by Gasteiger charge is -2.26. The number of benzene rings is 5. The van der Waals surface area contributed by atoms with E-state index in [1.807, 2.05) is 0 Å². The number of hydrogen-bond donors (Lipinski definition) is 1. The van der Waals surface area contributed by atoms with Crippen LogP contribution in [-0.2, 0) is 0 Å². The second-order valence-electron chi connectivity index (χ2n) is 8.10. The first-order valence-corrected chi connectivity index (χ1v) is 11.8. The molecule has 0 saturated heterocycles. The summed E-state index contributed by atoms with van der Waals surface area (Å²) in [7, 11) is 0. The molecule has 1 heterocycles. The molecule has 0 spiro atoms. The van der Waals surface area contributed by atoms with E-state index in [1.54, 1.807) is 0 Å². The van der Waals surface area contributed by atoms with Gasteiger partial charge in [0.25, 0.3) is 0 Å². The first-order chi connectivity index (χ1) is 16.3. The number of nitrogens with one attached hydrogen (secondary N) is 1. The van der Waals surface area contributed by atoms with Crippen LogP contribution in [0.15, 0.2) is 126 Å². The van der Waals surface area contributed by atoms with Gasteiger partial charge in [-0.05, 0) is 59.7 Å². The van der Waals surface area contributed by atoms with Gasteiger partial charge in [0.1, 0.15) is 0 Å². The zero-order chi connectivity index (χ0) is 22.2. The van der Waals surface area contributed by atoms with E-state index < -0.39 is 0 Å². The lowest BCUT2D eigenvalue weighted by molar-refractivity contribution is 1.29. The molecule has 0 aliphatic carbocycles. The maximum Gasteiger partial charge on any atom is 0.0709 e. The van der Waals surface area contributed by atoms with E-state index in [2.05, 4.69) is 147 Å². The molecule has 0 aliphatic rings. The number of aromatic amines is 1. The van der Waals surface area contributed by atoms with Crippen LogP contribution >= 0.6 is 15.9 Å². The molecular weight excluding hydrogens is 468 g/mol. The second kappa shape index (κ2) is 8.27. The summed E-state index contributed by atoms with van der Waals surface area (Å²) in [6, 6.07) is 42.7. The number of H-pyrrole nitrogens is 1. The lowest BCUT2D eigenvalue weighted by atomic mass is 10.0. The fourth-order valence-corrected chi connectivity index (χ4v) is 4.86. The first kappa shape index (κ1) is 19.8. The van der Waals surface area contributed by atoms with Crippen LogP contribution in [0, 0.1) is 0 Å². The van der Waals surface area contributed by atoms with E-state index in [4.69, 9.17) is 0 Å². The average molecular weight is 489 g/mol. The maximum absolute atomic E-state index is 3.67. The molecule has 33 heavy (non-hydrogen) atoms. The van der Waals surface area contributed by atoms with Crippen LogP contribution in [-0.4, -0.2) is 4.98 Å². The third-order valence-electron chi connectivity index (χ3n) is 6.06. The minimum atomic E-state index is 1.08. The summed E-state index contributed by atoms with van der Waals surface area (Å²) in [5, 5.41) is 2.43. The molecule has 0 amide bonds. The van der Waals surface area contributed by atoms with E-state index in [0.717, 1.165) is 32.6 Å². The van der Waals surface area contributed by atoms with Crippen molar-refractivity contribution >= 4 is 54.8 Å². The van der Waals surface area contributed by atoms with Crippen LogP contribution < -0.4 is 4.90 Å². The lowest BCUT2D eigenvalue weighted by Crippen LogP contribution is -2.10. The van der Waals surface area contributed by atoms with E-state index in [0.29, 0.717) is 0 Å². The zero-order valence-corrected chi connectivity index (χ0v) is 19.5. The molecule has 5 aromatic carbocycles. The Morgan fingerprint density at radius 1 is 0.545 bits per heavy atom. The van der Waals surface area contributed by atoms with Crippen LogP contribution in [0.25, 0.3) is 32.9 Å². The largest absolute Gasteiger partial charge is 0.353 e. The Bertz CT molecular complexity index is 1550. The fraction of sp³-hybridized carbons (Fsp3) is 0. The molecule has 3 heteroatoms. The molecule has 6 rings (SSSR count). The van der Waals surface area contributed by atoms with Crippen molar-refractivity contribution in [2.24, 2.45) is 0 Å². The standard InChI is InChI=1S/C30H21BrN2/c31-23-16-19-28-27(20-23)26-12-7-13-29(30(26)32-28)33(24-10-5-2-6-11-24)25-17-14-22(15-18-25)21-8-3-1-4-9-21/h1-20,32H. The fourth-order valence-electron chi connectivity index (χ4n) is 4.50. The Balaban J connectivity index is 1.54. The summed E-state index contributed by atoms with van der Waals surface area (Å²) in [6.45, 7) is 0. The number of aromatic nitrogens is 1. The molecule has 0 fully saturated rings. The van der Waals surface area contributed by atoms with Gasteiger partial charge in [-0.25, -0.2) is 0 Å². The summed E-state index contributed by atoms with van der Waals surface area (Å²) in [6.07, 6.45) is 0. The predicted octanol–water partition coefficient (Wildman–Crippen LogP) is 9.22. The molecule has 1 aromatic heterocycles. The van der Waals surface area contributed by atoms with Crippen molar-refractivity contribution in [1.82, 2.24) is 4.98 Å². The number of rotatable bonds is 4. The molecule has 2 nitrogen and oxygen atoms in total. The Morgan fingerprint density at radius 2 is 1.21 bits per heavy atom. The molecule has 6 aromatic rings. The van der Waals surface area contributed by atoms with Crippen LogP contribution in [0.5, 0.6) is 0 Å². The Kier molecular flexibility index (Phi) is 4.97. The highest BCUT2D eigenvalue weighted by molar-refractivity contribution is 9.10.